The molecule has 1 aromatic carbocycles. The van der Waals surface area contributed by atoms with Gasteiger partial charge >= 0.3 is 0 Å². The van der Waals surface area contributed by atoms with Gasteiger partial charge in [0.15, 0.2) is 9.84 Å². The molecule has 5 heteroatoms. The molecule has 100 valence electrons. The van der Waals surface area contributed by atoms with Crippen molar-refractivity contribution in [1.29, 1.82) is 0 Å². The predicted molar refractivity (Wildman–Crippen MR) is 71.4 cm³/mol. The molecule has 18 heavy (non-hydrogen) atoms. The zero-order chi connectivity index (χ0) is 13.2. The largest absolute Gasteiger partial charge is 0.494 e. The standard InChI is InChI=1S/C13H19NO3S/c1-2-17-11-6-7-12(14)13(8-11)18(15,16)9-10-4-3-5-10/h6-8,10H,2-5,9,14H2,1H3. The molecule has 0 aliphatic heterocycles. The molecule has 4 nitrogen and oxygen atoms in total. The molecule has 0 heterocycles. The first-order valence-electron chi connectivity index (χ1n) is 6.28. The van der Waals surface area contributed by atoms with E-state index < -0.39 is 9.84 Å². The average molecular weight is 269 g/mol. The third kappa shape index (κ3) is 2.77. The number of benzene rings is 1. The van der Waals surface area contributed by atoms with E-state index in [0.717, 1.165) is 19.3 Å². The quantitative estimate of drug-likeness (QED) is 0.832. The Morgan fingerprint density at radius 3 is 2.67 bits per heavy atom. The van der Waals surface area contributed by atoms with Crippen molar-refractivity contribution in [3.8, 4) is 5.75 Å². The van der Waals surface area contributed by atoms with Crippen LogP contribution in [0, 0.1) is 5.92 Å². The molecule has 0 amide bonds. The summed E-state index contributed by atoms with van der Waals surface area (Å²) in [5, 5.41) is 0. The highest BCUT2D eigenvalue weighted by atomic mass is 32.2. The summed E-state index contributed by atoms with van der Waals surface area (Å²) in [7, 11) is -3.30. The third-order valence-electron chi connectivity index (χ3n) is 3.31. The smallest absolute Gasteiger partial charge is 0.180 e. The van der Waals surface area contributed by atoms with Gasteiger partial charge in [-0.05, 0) is 37.8 Å². The van der Waals surface area contributed by atoms with Gasteiger partial charge in [0.05, 0.1) is 22.9 Å². The highest BCUT2D eigenvalue weighted by Gasteiger charge is 2.27. The maximum atomic E-state index is 12.3. The Balaban J connectivity index is 2.26. The lowest BCUT2D eigenvalue weighted by molar-refractivity contribution is 0.339. The van der Waals surface area contributed by atoms with Gasteiger partial charge in [-0.3, -0.25) is 0 Å². The monoisotopic (exact) mass is 269 g/mol. The van der Waals surface area contributed by atoms with Crippen molar-refractivity contribution in [2.75, 3.05) is 18.1 Å². The number of hydrogen-bond acceptors (Lipinski definition) is 4. The molecular formula is C13H19NO3S. The Morgan fingerprint density at radius 2 is 2.11 bits per heavy atom. The predicted octanol–water partition coefficient (Wildman–Crippen LogP) is 2.24. The summed E-state index contributed by atoms with van der Waals surface area (Å²) in [6.07, 6.45) is 3.14. The van der Waals surface area contributed by atoms with Gasteiger partial charge in [0.1, 0.15) is 5.75 Å². The number of nitrogen functional groups attached to an aromatic ring is 1. The summed E-state index contributed by atoms with van der Waals surface area (Å²) in [4.78, 5) is 0.209. The highest BCUT2D eigenvalue weighted by molar-refractivity contribution is 7.91. The number of nitrogens with two attached hydrogens (primary N) is 1. The van der Waals surface area contributed by atoms with Crippen LogP contribution >= 0.6 is 0 Å². The van der Waals surface area contributed by atoms with E-state index in [2.05, 4.69) is 0 Å². The van der Waals surface area contributed by atoms with Crippen LogP contribution < -0.4 is 10.5 Å². The van der Waals surface area contributed by atoms with Crippen molar-refractivity contribution in [1.82, 2.24) is 0 Å². The van der Waals surface area contributed by atoms with Crippen LogP contribution in [0.15, 0.2) is 23.1 Å². The molecule has 0 atom stereocenters. The van der Waals surface area contributed by atoms with Gasteiger partial charge in [0, 0.05) is 6.07 Å². The maximum absolute atomic E-state index is 12.3. The number of hydrogen-bond donors (Lipinski definition) is 1. The van der Waals surface area contributed by atoms with Crippen molar-refractivity contribution in [2.45, 2.75) is 31.1 Å². The summed E-state index contributed by atoms with van der Waals surface area (Å²) in [6.45, 7) is 2.37. The number of sulfone groups is 1. The molecule has 1 saturated carbocycles. The van der Waals surface area contributed by atoms with E-state index in [1.165, 1.54) is 6.07 Å². The molecule has 0 unspecified atom stereocenters. The summed E-state index contributed by atoms with van der Waals surface area (Å²) in [6, 6.07) is 4.83. The number of ether oxygens (including phenoxy) is 1. The van der Waals surface area contributed by atoms with Crippen molar-refractivity contribution < 1.29 is 13.2 Å². The molecule has 0 spiro atoms. The molecule has 0 radical (unpaired) electrons. The minimum Gasteiger partial charge on any atom is -0.494 e. The Bertz CT molecular complexity index is 521. The fourth-order valence-corrected chi connectivity index (χ4v) is 3.96. The Hall–Kier alpha value is -1.23. The first kappa shape index (κ1) is 13.2. The molecule has 0 saturated heterocycles. The van der Waals surface area contributed by atoms with Crippen LogP contribution in [0.25, 0.3) is 0 Å². The van der Waals surface area contributed by atoms with E-state index in [1.807, 2.05) is 6.92 Å². The van der Waals surface area contributed by atoms with Crippen LogP contribution in [0.5, 0.6) is 5.75 Å². The molecule has 1 aliphatic carbocycles. The highest BCUT2D eigenvalue weighted by Crippen LogP contribution is 2.32. The van der Waals surface area contributed by atoms with Crippen LogP contribution in [0.1, 0.15) is 26.2 Å². The fourth-order valence-electron chi connectivity index (χ4n) is 2.10. The van der Waals surface area contributed by atoms with Crippen molar-refractivity contribution in [2.24, 2.45) is 5.92 Å². The van der Waals surface area contributed by atoms with Gasteiger partial charge in [-0.25, -0.2) is 8.42 Å². The van der Waals surface area contributed by atoms with E-state index in [9.17, 15) is 8.42 Å². The summed E-state index contributed by atoms with van der Waals surface area (Å²) >= 11 is 0. The molecule has 0 aromatic heterocycles. The lowest BCUT2D eigenvalue weighted by Gasteiger charge is -2.25. The molecular weight excluding hydrogens is 250 g/mol. The lowest BCUT2D eigenvalue weighted by atomic mass is 9.87. The number of rotatable bonds is 5. The Labute approximate surface area is 108 Å². The summed E-state index contributed by atoms with van der Waals surface area (Å²) < 4.78 is 29.9. The van der Waals surface area contributed by atoms with E-state index in [4.69, 9.17) is 10.5 Å². The van der Waals surface area contributed by atoms with Crippen molar-refractivity contribution in [3.63, 3.8) is 0 Å². The van der Waals surface area contributed by atoms with E-state index in [0.29, 0.717) is 24.0 Å². The average Bonchev–Trinajstić information content (AvgIpc) is 2.27. The molecule has 1 aromatic rings. The van der Waals surface area contributed by atoms with Gasteiger partial charge in [0.2, 0.25) is 0 Å². The normalized spacial score (nSPS) is 16.3. The van der Waals surface area contributed by atoms with Gasteiger partial charge in [-0.2, -0.15) is 0 Å². The molecule has 1 fully saturated rings. The minimum atomic E-state index is -3.30. The molecule has 0 bridgehead atoms. The van der Waals surface area contributed by atoms with Gasteiger partial charge in [-0.1, -0.05) is 6.42 Å². The second-order valence-electron chi connectivity index (χ2n) is 4.71. The topological polar surface area (TPSA) is 69.4 Å². The maximum Gasteiger partial charge on any atom is 0.180 e. The summed E-state index contributed by atoms with van der Waals surface area (Å²) in [5.74, 6) is 1.05. The number of anilines is 1. The van der Waals surface area contributed by atoms with Crippen molar-refractivity contribution >= 4 is 15.5 Å². The second-order valence-corrected chi connectivity index (χ2v) is 6.71. The van der Waals surface area contributed by atoms with E-state index >= 15 is 0 Å². The Kier molecular flexibility index (Phi) is 3.80. The van der Waals surface area contributed by atoms with Crippen LogP contribution in [0.3, 0.4) is 0 Å². The van der Waals surface area contributed by atoms with E-state index in [-0.39, 0.29) is 10.6 Å². The molecule has 2 rings (SSSR count). The summed E-state index contributed by atoms with van der Waals surface area (Å²) in [5.41, 5.74) is 6.08. The third-order valence-corrected chi connectivity index (χ3v) is 5.24. The van der Waals surface area contributed by atoms with Crippen molar-refractivity contribution in [3.05, 3.63) is 18.2 Å². The van der Waals surface area contributed by atoms with Gasteiger partial charge < -0.3 is 10.5 Å². The van der Waals surface area contributed by atoms with Gasteiger partial charge in [0.25, 0.3) is 0 Å². The fraction of sp³-hybridized carbons (Fsp3) is 0.538. The molecule has 1 aliphatic rings. The van der Waals surface area contributed by atoms with Crippen LogP contribution in [0.2, 0.25) is 0 Å². The van der Waals surface area contributed by atoms with Crippen LogP contribution in [-0.4, -0.2) is 20.8 Å². The van der Waals surface area contributed by atoms with Gasteiger partial charge in [-0.15, -0.1) is 0 Å². The first-order chi connectivity index (χ1) is 8.53. The second kappa shape index (κ2) is 5.18. The molecule has 2 N–H and O–H groups in total. The lowest BCUT2D eigenvalue weighted by Crippen LogP contribution is -2.22. The Morgan fingerprint density at radius 1 is 1.39 bits per heavy atom. The van der Waals surface area contributed by atoms with E-state index in [1.54, 1.807) is 12.1 Å². The van der Waals surface area contributed by atoms with Crippen LogP contribution in [-0.2, 0) is 9.84 Å². The minimum absolute atomic E-state index is 0.201. The van der Waals surface area contributed by atoms with Crippen LogP contribution in [0.4, 0.5) is 5.69 Å². The first-order valence-corrected chi connectivity index (χ1v) is 7.93. The SMILES string of the molecule is CCOc1ccc(N)c(S(=O)(=O)CC2CCC2)c1. The zero-order valence-electron chi connectivity index (χ0n) is 10.6. The zero-order valence-corrected chi connectivity index (χ0v) is 11.4.